The highest BCUT2D eigenvalue weighted by Crippen LogP contribution is 2.35. The van der Waals surface area contributed by atoms with E-state index in [1.807, 2.05) is 10.6 Å². The van der Waals surface area contributed by atoms with E-state index < -0.39 is 59.5 Å². The standard InChI is InChI=1S/C15H17ClF7N5O/c1-5(14(18,19)20)24-12-26-11(7-3-4-8(16)10(29)9(7)17)27-13(28-12)25-6(2)15(21,22)23/h5-6,8,10,29H,3-4H2,1-2H3,(H2,24,25,26,27,28)/t5-,6-,8?,10?/m1/s1. The van der Waals surface area contributed by atoms with Gasteiger partial charge in [-0.25, -0.2) is 4.39 Å². The van der Waals surface area contributed by atoms with Crippen molar-refractivity contribution in [2.24, 2.45) is 0 Å². The molecule has 4 atom stereocenters. The van der Waals surface area contributed by atoms with Gasteiger partial charge in [0.15, 0.2) is 5.82 Å². The molecule has 29 heavy (non-hydrogen) atoms. The van der Waals surface area contributed by atoms with Crippen molar-refractivity contribution in [1.29, 1.82) is 0 Å². The predicted octanol–water partition coefficient (Wildman–Crippen LogP) is 4.04. The Kier molecular flexibility index (Phi) is 6.82. The van der Waals surface area contributed by atoms with Crippen molar-refractivity contribution in [2.75, 3.05) is 10.6 Å². The molecule has 1 heterocycles. The molecule has 0 saturated heterocycles. The van der Waals surface area contributed by atoms with E-state index in [0.717, 1.165) is 13.8 Å². The van der Waals surface area contributed by atoms with Crippen LogP contribution >= 0.6 is 11.6 Å². The Morgan fingerprint density at radius 1 is 0.966 bits per heavy atom. The second-order valence-corrected chi connectivity index (χ2v) is 7.01. The maximum Gasteiger partial charge on any atom is 0.408 e. The second kappa shape index (κ2) is 8.46. The molecule has 1 aliphatic carbocycles. The molecule has 2 rings (SSSR count). The molecule has 0 aliphatic heterocycles. The van der Waals surface area contributed by atoms with Gasteiger partial charge in [0.25, 0.3) is 0 Å². The molecular formula is C15H17ClF7N5O. The molecule has 3 N–H and O–H groups in total. The number of aliphatic hydroxyl groups excluding tert-OH is 1. The van der Waals surface area contributed by atoms with Gasteiger partial charge in [0, 0.05) is 5.57 Å². The third-order valence-electron chi connectivity index (χ3n) is 4.14. The van der Waals surface area contributed by atoms with Gasteiger partial charge in [0.05, 0.1) is 5.38 Å². The first-order valence-corrected chi connectivity index (χ1v) is 8.77. The summed E-state index contributed by atoms with van der Waals surface area (Å²) in [6.45, 7) is 1.49. The summed E-state index contributed by atoms with van der Waals surface area (Å²) in [6.07, 6.45) is -11.1. The number of hydrogen-bond donors (Lipinski definition) is 3. The van der Waals surface area contributed by atoms with E-state index in [0.29, 0.717) is 0 Å². The van der Waals surface area contributed by atoms with Crippen molar-refractivity contribution in [3.63, 3.8) is 0 Å². The van der Waals surface area contributed by atoms with Gasteiger partial charge in [-0.3, -0.25) is 0 Å². The minimum atomic E-state index is -4.70. The molecular weight excluding hydrogens is 435 g/mol. The van der Waals surface area contributed by atoms with Gasteiger partial charge >= 0.3 is 12.4 Å². The van der Waals surface area contributed by atoms with Gasteiger partial charge < -0.3 is 15.7 Å². The third-order valence-corrected chi connectivity index (χ3v) is 4.60. The molecule has 0 saturated carbocycles. The average Bonchev–Trinajstić information content (AvgIpc) is 2.58. The van der Waals surface area contributed by atoms with E-state index in [1.54, 1.807) is 0 Å². The highest BCUT2D eigenvalue weighted by atomic mass is 35.5. The summed E-state index contributed by atoms with van der Waals surface area (Å²) in [4.78, 5) is 10.9. The summed E-state index contributed by atoms with van der Waals surface area (Å²) >= 11 is 5.76. The van der Waals surface area contributed by atoms with E-state index in [9.17, 15) is 35.8 Å². The monoisotopic (exact) mass is 451 g/mol. The van der Waals surface area contributed by atoms with Gasteiger partial charge in [0.1, 0.15) is 24.0 Å². The summed E-state index contributed by atoms with van der Waals surface area (Å²) < 4.78 is 91.2. The Hall–Kier alpha value is -1.89. The van der Waals surface area contributed by atoms with Crippen LogP contribution in [-0.4, -0.2) is 56.0 Å². The van der Waals surface area contributed by atoms with Crippen molar-refractivity contribution >= 4 is 29.1 Å². The molecule has 14 heteroatoms. The summed E-state index contributed by atoms with van der Waals surface area (Å²) in [5.41, 5.74) is -0.276. The van der Waals surface area contributed by atoms with E-state index >= 15 is 0 Å². The third kappa shape index (κ3) is 5.81. The van der Waals surface area contributed by atoms with Crippen LogP contribution in [0.3, 0.4) is 0 Å². The van der Waals surface area contributed by atoms with E-state index in [-0.39, 0.29) is 18.4 Å². The normalized spacial score (nSPS) is 23.0. The predicted molar refractivity (Wildman–Crippen MR) is 91.0 cm³/mol. The minimum absolute atomic E-state index is 0.0798. The quantitative estimate of drug-likeness (QED) is 0.463. The summed E-state index contributed by atoms with van der Waals surface area (Å²) in [5.74, 6) is -3.03. The topological polar surface area (TPSA) is 83.0 Å². The minimum Gasteiger partial charge on any atom is -0.384 e. The Labute approximate surface area is 165 Å². The van der Waals surface area contributed by atoms with E-state index in [4.69, 9.17) is 11.6 Å². The summed E-state index contributed by atoms with van der Waals surface area (Å²) in [5, 5.41) is 12.6. The Morgan fingerprint density at radius 2 is 1.41 bits per heavy atom. The van der Waals surface area contributed by atoms with Crippen LogP contribution in [0.1, 0.15) is 32.5 Å². The molecule has 6 nitrogen and oxygen atoms in total. The van der Waals surface area contributed by atoms with Crippen LogP contribution in [0.25, 0.3) is 5.57 Å². The summed E-state index contributed by atoms with van der Waals surface area (Å²) in [7, 11) is 0. The van der Waals surface area contributed by atoms with Crippen molar-refractivity contribution in [1.82, 2.24) is 15.0 Å². The molecule has 0 aromatic carbocycles. The fraction of sp³-hybridized carbons (Fsp3) is 0.667. The van der Waals surface area contributed by atoms with E-state index in [2.05, 4.69) is 15.0 Å². The molecule has 1 aromatic rings. The van der Waals surface area contributed by atoms with Crippen LogP contribution in [0.15, 0.2) is 5.83 Å². The number of halogens is 8. The highest BCUT2D eigenvalue weighted by molar-refractivity contribution is 6.21. The number of hydrogen-bond acceptors (Lipinski definition) is 6. The molecule has 0 radical (unpaired) electrons. The highest BCUT2D eigenvalue weighted by Gasteiger charge is 2.38. The number of rotatable bonds is 5. The van der Waals surface area contributed by atoms with Crippen LogP contribution in [0, 0.1) is 0 Å². The smallest absolute Gasteiger partial charge is 0.384 e. The zero-order valence-corrected chi connectivity index (χ0v) is 15.8. The van der Waals surface area contributed by atoms with Crippen molar-refractivity contribution in [2.45, 2.75) is 62.6 Å². The number of allylic oxidation sites excluding steroid dienone is 1. The maximum absolute atomic E-state index is 14.4. The molecule has 164 valence electrons. The number of aromatic nitrogens is 3. The number of nitrogens with zero attached hydrogens (tertiary/aromatic N) is 3. The lowest BCUT2D eigenvalue weighted by Gasteiger charge is -2.24. The molecule has 2 unspecified atom stereocenters. The largest absolute Gasteiger partial charge is 0.408 e. The second-order valence-electron chi connectivity index (χ2n) is 6.45. The fourth-order valence-corrected chi connectivity index (χ4v) is 2.53. The number of anilines is 2. The van der Waals surface area contributed by atoms with Crippen LogP contribution in [0.4, 0.5) is 42.6 Å². The Morgan fingerprint density at radius 3 is 1.83 bits per heavy atom. The summed E-state index contributed by atoms with van der Waals surface area (Å²) in [6, 6.07) is -4.29. The lowest BCUT2D eigenvalue weighted by molar-refractivity contribution is -0.139. The van der Waals surface area contributed by atoms with Crippen molar-refractivity contribution in [3.05, 3.63) is 11.7 Å². The van der Waals surface area contributed by atoms with Crippen molar-refractivity contribution in [3.8, 4) is 0 Å². The number of aliphatic hydroxyl groups is 1. The van der Waals surface area contributed by atoms with Crippen LogP contribution in [0.2, 0.25) is 0 Å². The lowest BCUT2D eigenvalue weighted by atomic mass is 9.95. The number of alkyl halides is 7. The van der Waals surface area contributed by atoms with Crippen LogP contribution < -0.4 is 10.6 Å². The SMILES string of the molecule is C[C@@H](Nc1nc(N[C@H](C)C(F)(F)F)nc(C2=C(F)C(O)C(Cl)CC2)n1)C(F)(F)F. The lowest BCUT2D eigenvalue weighted by Crippen LogP contribution is -2.35. The zero-order valence-electron chi connectivity index (χ0n) is 15.0. The van der Waals surface area contributed by atoms with Gasteiger partial charge in [-0.05, 0) is 26.7 Å². The van der Waals surface area contributed by atoms with Crippen molar-refractivity contribution < 1.29 is 35.8 Å². The van der Waals surface area contributed by atoms with Gasteiger partial charge in [-0.2, -0.15) is 41.3 Å². The van der Waals surface area contributed by atoms with Gasteiger partial charge in [-0.1, -0.05) is 0 Å². The number of nitrogens with one attached hydrogen (secondary N) is 2. The molecule has 1 aliphatic rings. The Balaban J connectivity index is 2.47. The zero-order chi connectivity index (χ0) is 22.1. The molecule has 0 bridgehead atoms. The molecule has 0 amide bonds. The fourth-order valence-electron chi connectivity index (χ4n) is 2.31. The first kappa shape index (κ1) is 23.4. The molecule has 0 spiro atoms. The van der Waals surface area contributed by atoms with Gasteiger partial charge in [0.2, 0.25) is 11.9 Å². The molecule has 1 aromatic heterocycles. The van der Waals surface area contributed by atoms with Crippen LogP contribution in [-0.2, 0) is 0 Å². The maximum atomic E-state index is 14.4. The van der Waals surface area contributed by atoms with Gasteiger partial charge in [-0.15, -0.1) is 11.6 Å². The average molecular weight is 452 g/mol. The Bertz CT molecular complexity index is 730. The van der Waals surface area contributed by atoms with Crippen LogP contribution in [0.5, 0.6) is 0 Å². The molecule has 0 fully saturated rings. The first-order valence-electron chi connectivity index (χ1n) is 8.33. The van der Waals surface area contributed by atoms with E-state index in [1.165, 1.54) is 0 Å². The first-order chi connectivity index (χ1) is 13.2.